The highest BCUT2D eigenvalue weighted by Crippen LogP contribution is 2.18. The molecule has 3 nitrogen and oxygen atoms in total. The molecule has 0 aromatic heterocycles. The summed E-state index contributed by atoms with van der Waals surface area (Å²) in [4.78, 5) is 4.39. The molecule has 0 aliphatic rings. The molecule has 0 aliphatic heterocycles. The number of phenolic OH excluding ortho intramolecular Hbond substituents is 1. The van der Waals surface area contributed by atoms with Crippen LogP contribution in [-0.2, 0) is 6.61 Å². The third-order valence-corrected chi connectivity index (χ3v) is 3.32. The molecular weight excluding hydrogens is 286 g/mol. The molecule has 3 heteroatoms. The van der Waals surface area contributed by atoms with E-state index in [0.717, 1.165) is 22.6 Å². The van der Waals surface area contributed by atoms with Crippen LogP contribution in [0.1, 0.15) is 11.1 Å². The van der Waals surface area contributed by atoms with E-state index in [1.54, 1.807) is 30.5 Å². The number of hydrogen-bond acceptors (Lipinski definition) is 3. The largest absolute Gasteiger partial charge is 0.508 e. The Hall–Kier alpha value is -3.07. The highest BCUT2D eigenvalue weighted by atomic mass is 16.5. The predicted molar refractivity (Wildman–Crippen MR) is 92.6 cm³/mol. The van der Waals surface area contributed by atoms with Crippen molar-refractivity contribution < 1.29 is 9.84 Å². The van der Waals surface area contributed by atoms with Crippen LogP contribution in [0.15, 0.2) is 83.9 Å². The fourth-order valence-corrected chi connectivity index (χ4v) is 2.11. The number of nitrogens with zero attached hydrogens (tertiary/aromatic N) is 1. The van der Waals surface area contributed by atoms with E-state index in [9.17, 15) is 5.11 Å². The van der Waals surface area contributed by atoms with E-state index in [2.05, 4.69) is 4.99 Å². The van der Waals surface area contributed by atoms with Crippen LogP contribution in [0.2, 0.25) is 0 Å². The van der Waals surface area contributed by atoms with E-state index >= 15 is 0 Å². The van der Waals surface area contributed by atoms with Gasteiger partial charge in [-0.15, -0.1) is 0 Å². The Morgan fingerprint density at radius 2 is 1.65 bits per heavy atom. The summed E-state index contributed by atoms with van der Waals surface area (Å²) in [5.74, 6) is 1.05. The van der Waals surface area contributed by atoms with Crippen molar-refractivity contribution in [2.45, 2.75) is 6.61 Å². The van der Waals surface area contributed by atoms with Gasteiger partial charge in [0.2, 0.25) is 0 Å². The fourth-order valence-electron chi connectivity index (χ4n) is 2.11. The second-order valence-corrected chi connectivity index (χ2v) is 5.12. The minimum absolute atomic E-state index is 0.236. The monoisotopic (exact) mass is 303 g/mol. The zero-order valence-electron chi connectivity index (χ0n) is 12.6. The Labute approximate surface area is 135 Å². The van der Waals surface area contributed by atoms with Crippen molar-refractivity contribution in [2.75, 3.05) is 0 Å². The molecule has 0 spiro atoms. The molecule has 0 unspecified atom stereocenters. The molecule has 0 saturated carbocycles. The predicted octanol–water partition coefficient (Wildman–Crippen LogP) is 4.72. The maximum Gasteiger partial charge on any atom is 0.120 e. The molecule has 0 atom stereocenters. The molecule has 3 aromatic rings. The number of aromatic hydroxyl groups is 1. The lowest BCUT2D eigenvalue weighted by atomic mass is 10.2. The van der Waals surface area contributed by atoms with Gasteiger partial charge in [-0.1, -0.05) is 42.5 Å². The molecule has 114 valence electrons. The van der Waals surface area contributed by atoms with Gasteiger partial charge in [0.15, 0.2) is 0 Å². The quantitative estimate of drug-likeness (QED) is 0.693. The Morgan fingerprint density at radius 3 is 2.43 bits per heavy atom. The molecule has 0 fully saturated rings. The van der Waals surface area contributed by atoms with E-state index < -0.39 is 0 Å². The van der Waals surface area contributed by atoms with E-state index in [-0.39, 0.29) is 5.75 Å². The third kappa shape index (κ3) is 4.45. The average Bonchev–Trinajstić information content (AvgIpc) is 2.61. The van der Waals surface area contributed by atoms with Crippen molar-refractivity contribution in [3.8, 4) is 11.5 Å². The van der Waals surface area contributed by atoms with Crippen molar-refractivity contribution in [2.24, 2.45) is 4.99 Å². The number of aliphatic imine (C=N–C) groups is 1. The first-order valence-corrected chi connectivity index (χ1v) is 7.39. The van der Waals surface area contributed by atoms with Crippen molar-refractivity contribution in [1.82, 2.24) is 0 Å². The van der Waals surface area contributed by atoms with Gasteiger partial charge in [-0.05, 0) is 47.5 Å². The lowest BCUT2D eigenvalue weighted by Gasteiger charge is -2.06. The lowest BCUT2D eigenvalue weighted by molar-refractivity contribution is 0.306. The molecule has 0 heterocycles. The van der Waals surface area contributed by atoms with Crippen LogP contribution >= 0.6 is 0 Å². The second-order valence-electron chi connectivity index (χ2n) is 5.12. The normalized spacial score (nSPS) is 10.8. The topological polar surface area (TPSA) is 41.8 Å². The van der Waals surface area contributed by atoms with Crippen molar-refractivity contribution in [1.29, 1.82) is 0 Å². The van der Waals surface area contributed by atoms with Gasteiger partial charge < -0.3 is 9.84 Å². The Bertz CT molecular complexity index is 780. The molecule has 23 heavy (non-hydrogen) atoms. The first-order valence-electron chi connectivity index (χ1n) is 7.39. The number of hydrogen-bond donors (Lipinski definition) is 1. The van der Waals surface area contributed by atoms with Gasteiger partial charge in [0.05, 0.1) is 5.69 Å². The maximum absolute atomic E-state index is 9.26. The minimum Gasteiger partial charge on any atom is -0.508 e. The molecule has 3 rings (SSSR count). The molecule has 0 radical (unpaired) electrons. The van der Waals surface area contributed by atoms with E-state index in [1.807, 2.05) is 54.6 Å². The minimum atomic E-state index is 0.236. The maximum atomic E-state index is 9.26. The summed E-state index contributed by atoms with van der Waals surface area (Å²) in [7, 11) is 0. The number of rotatable bonds is 5. The SMILES string of the molecule is Oc1ccc(N=Cc2cccc(OCc3ccccc3)c2)cc1. The zero-order chi connectivity index (χ0) is 15.9. The van der Waals surface area contributed by atoms with Gasteiger partial charge in [-0.3, -0.25) is 4.99 Å². The van der Waals surface area contributed by atoms with E-state index in [4.69, 9.17) is 4.74 Å². The molecule has 3 aromatic carbocycles. The molecule has 0 aliphatic carbocycles. The lowest BCUT2D eigenvalue weighted by Crippen LogP contribution is -1.95. The summed E-state index contributed by atoms with van der Waals surface area (Å²) in [6.07, 6.45) is 1.78. The van der Waals surface area contributed by atoms with Gasteiger partial charge in [0, 0.05) is 6.21 Å². The van der Waals surface area contributed by atoms with E-state index in [0.29, 0.717) is 6.61 Å². The first-order chi connectivity index (χ1) is 11.3. The van der Waals surface area contributed by atoms with Crippen LogP contribution in [0.4, 0.5) is 5.69 Å². The Morgan fingerprint density at radius 1 is 0.870 bits per heavy atom. The van der Waals surface area contributed by atoms with Crippen molar-refractivity contribution in [3.05, 3.63) is 90.0 Å². The van der Waals surface area contributed by atoms with Crippen LogP contribution in [0.25, 0.3) is 0 Å². The summed E-state index contributed by atoms with van der Waals surface area (Å²) in [6, 6.07) is 24.6. The van der Waals surface area contributed by atoms with E-state index in [1.165, 1.54) is 0 Å². The fraction of sp³-hybridized carbons (Fsp3) is 0.0500. The van der Waals surface area contributed by atoms with Crippen LogP contribution in [-0.4, -0.2) is 11.3 Å². The summed E-state index contributed by atoms with van der Waals surface area (Å²) in [5, 5.41) is 9.26. The highest BCUT2D eigenvalue weighted by Gasteiger charge is 1.97. The second kappa shape index (κ2) is 7.27. The molecule has 0 saturated heterocycles. The van der Waals surface area contributed by atoms with Gasteiger partial charge in [0.25, 0.3) is 0 Å². The summed E-state index contributed by atoms with van der Waals surface area (Å²) in [5.41, 5.74) is 2.89. The van der Waals surface area contributed by atoms with Crippen molar-refractivity contribution >= 4 is 11.9 Å². The van der Waals surface area contributed by atoms with Crippen LogP contribution in [0.5, 0.6) is 11.5 Å². The third-order valence-electron chi connectivity index (χ3n) is 3.32. The summed E-state index contributed by atoms with van der Waals surface area (Å²) in [6.45, 7) is 0.541. The smallest absolute Gasteiger partial charge is 0.120 e. The zero-order valence-corrected chi connectivity index (χ0v) is 12.6. The van der Waals surface area contributed by atoms with Gasteiger partial charge >= 0.3 is 0 Å². The molecule has 0 amide bonds. The average molecular weight is 303 g/mol. The van der Waals surface area contributed by atoms with Gasteiger partial charge in [0.1, 0.15) is 18.1 Å². The van der Waals surface area contributed by atoms with Crippen LogP contribution in [0.3, 0.4) is 0 Å². The summed E-state index contributed by atoms with van der Waals surface area (Å²) >= 11 is 0. The van der Waals surface area contributed by atoms with Gasteiger partial charge in [-0.2, -0.15) is 0 Å². The summed E-state index contributed by atoms with van der Waals surface area (Å²) < 4.78 is 5.81. The number of phenols is 1. The number of benzene rings is 3. The Balaban J connectivity index is 1.66. The Kier molecular flexibility index (Phi) is 4.69. The van der Waals surface area contributed by atoms with Crippen LogP contribution in [0, 0.1) is 0 Å². The van der Waals surface area contributed by atoms with Crippen LogP contribution < -0.4 is 4.74 Å². The van der Waals surface area contributed by atoms with Crippen molar-refractivity contribution in [3.63, 3.8) is 0 Å². The standard InChI is InChI=1S/C20H17NO2/c22-19-11-9-18(10-12-19)21-14-17-7-4-8-20(13-17)23-15-16-5-2-1-3-6-16/h1-14,22H,15H2. The van der Waals surface area contributed by atoms with Gasteiger partial charge in [-0.25, -0.2) is 0 Å². The highest BCUT2D eigenvalue weighted by molar-refractivity contribution is 5.82. The molecule has 0 bridgehead atoms. The first kappa shape index (κ1) is 14.9. The molecular formula is C20H17NO2. The number of ether oxygens (including phenoxy) is 1. The molecule has 1 N–H and O–H groups in total.